The van der Waals surface area contributed by atoms with Gasteiger partial charge in [0.05, 0.1) is 11.7 Å². The van der Waals surface area contributed by atoms with E-state index in [4.69, 9.17) is 5.26 Å². The Morgan fingerprint density at radius 2 is 2.50 bits per heavy atom. The van der Waals surface area contributed by atoms with Gasteiger partial charge in [-0.15, -0.1) is 11.8 Å². The average molecular weight is 247 g/mol. The highest BCUT2D eigenvalue weighted by atomic mass is 33.1. The van der Waals surface area contributed by atoms with Crippen LogP contribution in [0.3, 0.4) is 0 Å². The minimum Gasteiger partial charge on any atom is -0.465 e. The molecule has 1 aliphatic heterocycles. The highest BCUT2D eigenvalue weighted by Gasteiger charge is 2.26. The van der Waals surface area contributed by atoms with Crippen molar-refractivity contribution >= 4 is 39.3 Å². The van der Waals surface area contributed by atoms with Crippen LogP contribution in [0.4, 0.5) is 0 Å². The molecule has 1 rings (SSSR count). The molecule has 0 spiro atoms. The standard InChI is InChI=1S/C8H9NO2S3/c1-11-8(10)5(4-9)6-3-7(12-2)14-13-6/h7H,3H2,1-2H3/b6-5-. The summed E-state index contributed by atoms with van der Waals surface area (Å²) in [6.07, 6.45) is 2.79. The van der Waals surface area contributed by atoms with Crippen LogP contribution in [0.5, 0.6) is 0 Å². The van der Waals surface area contributed by atoms with E-state index in [1.54, 1.807) is 22.6 Å². The summed E-state index contributed by atoms with van der Waals surface area (Å²) in [5.74, 6) is -0.530. The zero-order valence-corrected chi connectivity index (χ0v) is 10.2. The quantitative estimate of drug-likeness (QED) is 0.323. The molecule has 0 aromatic rings. The van der Waals surface area contributed by atoms with Crippen molar-refractivity contribution in [3.63, 3.8) is 0 Å². The van der Waals surface area contributed by atoms with Gasteiger partial charge in [-0.2, -0.15) is 5.26 Å². The van der Waals surface area contributed by atoms with Crippen molar-refractivity contribution in [2.75, 3.05) is 13.4 Å². The van der Waals surface area contributed by atoms with E-state index in [1.807, 2.05) is 12.3 Å². The number of rotatable bonds is 2. The summed E-state index contributed by atoms with van der Waals surface area (Å²) in [6.45, 7) is 0. The molecule has 0 aliphatic carbocycles. The molecule has 1 saturated heterocycles. The van der Waals surface area contributed by atoms with Gasteiger partial charge < -0.3 is 4.74 Å². The highest BCUT2D eigenvalue weighted by molar-refractivity contribution is 8.80. The number of hydrogen-bond acceptors (Lipinski definition) is 6. The largest absolute Gasteiger partial charge is 0.465 e. The maximum atomic E-state index is 11.2. The van der Waals surface area contributed by atoms with Crippen LogP contribution in [0.15, 0.2) is 10.5 Å². The van der Waals surface area contributed by atoms with E-state index in [0.717, 1.165) is 11.3 Å². The molecule has 76 valence electrons. The van der Waals surface area contributed by atoms with Crippen molar-refractivity contribution < 1.29 is 9.53 Å². The van der Waals surface area contributed by atoms with Crippen molar-refractivity contribution in [1.82, 2.24) is 0 Å². The smallest absolute Gasteiger partial charge is 0.349 e. The van der Waals surface area contributed by atoms with E-state index in [9.17, 15) is 4.79 Å². The minimum absolute atomic E-state index is 0.154. The number of allylic oxidation sites excluding steroid dienone is 1. The summed E-state index contributed by atoms with van der Waals surface area (Å²) in [5, 5.41) is 8.81. The van der Waals surface area contributed by atoms with Gasteiger partial charge in [0.1, 0.15) is 11.6 Å². The zero-order valence-electron chi connectivity index (χ0n) is 7.77. The molecule has 3 nitrogen and oxygen atoms in total. The van der Waals surface area contributed by atoms with E-state index < -0.39 is 5.97 Å². The molecule has 0 amide bonds. The second-order valence-corrected chi connectivity index (χ2v) is 6.29. The number of nitrogens with zero attached hydrogens (tertiary/aromatic N) is 1. The first kappa shape index (κ1) is 11.8. The van der Waals surface area contributed by atoms with Crippen molar-refractivity contribution in [2.24, 2.45) is 0 Å². The monoisotopic (exact) mass is 247 g/mol. The second-order valence-electron chi connectivity index (χ2n) is 2.45. The topological polar surface area (TPSA) is 50.1 Å². The number of hydrogen-bond donors (Lipinski definition) is 0. The summed E-state index contributed by atoms with van der Waals surface area (Å²) in [5.41, 5.74) is 0.154. The summed E-state index contributed by atoms with van der Waals surface area (Å²) in [4.78, 5) is 12.0. The fourth-order valence-corrected chi connectivity index (χ4v) is 5.07. The van der Waals surface area contributed by atoms with Gasteiger partial charge in [0.25, 0.3) is 0 Å². The first-order valence-electron chi connectivity index (χ1n) is 3.80. The second kappa shape index (κ2) is 5.59. The average Bonchev–Trinajstić information content (AvgIpc) is 2.67. The molecule has 0 aromatic heterocycles. The number of thioether (sulfide) groups is 1. The molecule has 0 aromatic carbocycles. The van der Waals surface area contributed by atoms with Crippen molar-refractivity contribution in [3.05, 3.63) is 10.5 Å². The van der Waals surface area contributed by atoms with Gasteiger partial charge in [-0.1, -0.05) is 21.6 Å². The lowest BCUT2D eigenvalue weighted by Gasteiger charge is -2.00. The van der Waals surface area contributed by atoms with Gasteiger partial charge in [-0.05, 0) is 6.26 Å². The van der Waals surface area contributed by atoms with Gasteiger partial charge >= 0.3 is 5.97 Å². The fraction of sp³-hybridized carbons (Fsp3) is 0.500. The van der Waals surface area contributed by atoms with Crippen LogP contribution in [0.2, 0.25) is 0 Å². The predicted octanol–water partition coefficient (Wildman–Crippen LogP) is 2.41. The molecular weight excluding hydrogens is 238 g/mol. The lowest BCUT2D eigenvalue weighted by atomic mass is 10.2. The van der Waals surface area contributed by atoms with Gasteiger partial charge in [-0.25, -0.2) is 4.79 Å². The maximum Gasteiger partial charge on any atom is 0.349 e. The molecule has 0 radical (unpaired) electrons. The zero-order chi connectivity index (χ0) is 10.6. The van der Waals surface area contributed by atoms with Gasteiger partial charge in [0.15, 0.2) is 0 Å². The molecule has 1 unspecified atom stereocenters. The Morgan fingerprint density at radius 1 is 1.79 bits per heavy atom. The van der Waals surface area contributed by atoms with Crippen LogP contribution in [-0.2, 0) is 9.53 Å². The molecule has 1 heterocycles. The summed E-state index contributed by atoms with van der Waals surface area (Å²) < 4.78 is 4.97. The summed E-state index contributed by atoms with van der Waals surface area (Å²) in [6, 6.07) is 1.90. The molecule has 0 bridgehead atoms. The van der Waals surface area contributed by atoms with Gasteiger partial charge in [0, 0.05) is 11.3 Å². The third-order valence-electron chi connectivity index (χ3n) is 1.65. The maximum absolute atomic E-state index is 11.2. The number of carbonyl (C=O) groups is 1. The molecule has 1 atom stereocenters. The molecule has 14 heavy (non-hydrogen) atoms. The van der Waals surface area contributed by atoms with Crippen LogP contribution in [0, 0.1) is 11.3 Å². The van der Waals surface area contributed by atoms with Crippen molar-refractivity contribution in [1.29, 1.82) is 5.26 Å². The molecule has 6 heteroatoms. The Hall–Kier alpha value is -0.250. The number of carbonyl (C=O) groups excluding carboxylic acids is 1. The third kappa shape index (κ3) is 2.62. The Bertz CT molecular complexity index is 308. The van der Waals surface area contributed by atoms with Gasteiger partial charge in [-0.3, -0.25) is 0 Å². The lowest BCUT2D eigenvalue weighted by molar-refractivity contribution is -0.135. The van der Waals surface area contributed by atoms with E-state index in [2.05, 4.69) is 4.74 Å². The van der Waals surface area contributed by atoms with Crippen LogP contribution in [-0.4, -0.2) is 23.9 Å². The Balaban J connectivity index is 2.82. The molecule has 1 fully saturated rings. The molecular formula is C8H9NO2S3. The van der Waals surface area contributed by atoms with E-state index >= 15 is 0 Å². The Labute approximate surface area is 95.0 Å². The van der Waals surface area contributed by atoms with Crippen LogP contribution in [0.1, 0.15) is 6.42 Å². The van der Waals surface area contributed by atoms with Gasteiger partial charge in [0.2, 0.25) is 0 Å². The summed E-state index contributed by atoms with van der Waals surface area (Å²) in [7, 11) is 4.48. The van der Waals surface area contributed by atoms with Crippen molar-refractivity contribution in [3.8, 4) is 6.07 Å². The molecule has 0 saturated carbocycles. The third-order valence-corrected chi connectivity index (χ3v) is 6.21. The fourth-order valence-electron chi connectivity index (χ4n) is 0.921. The van der Waals surface area contributed by atoms with E-state index in [1.165, 1.54) is 17.9 Å². The lowest BCUT2D eigenvalue weighted by Crippen LogP contribution is -2.05. The SMILES string of the molecule is COC(=O)/C(C#N)=C1/CC(SC)SS1. The molecule has 1 aliphatic rings. The number of methoxy groups -OCH3 is 1. The van der Waals surface area contributed by atoms with Crippen LogP contribution >= 0.6 is 33.3 Å². The number of ether oxygens (including phenoxy) is 1. The molecule has 0 N–H and O–H groups in total. The van der Waals surface area contributed by atoms with E-state index in [0.29, 0.717) is 4.58 Å². The highest BCUT2D eigenvalue weighted by Crippen LogP contribution is 2.51. The Kier molecular flexibility index (Phi) is 4.72. The summed E-state index contributed by atoms with van der Waals surface area (Å²) >= 11 is 1.73. The number of esters is 1. The first-order valence-corrected chi connectivity index (χ1v) is 7.30. The Morgan fingerprint density at radius 3 is 2.93 bits per heavy atom. The first-order chi connectivity index (χ1) is 6.72. The number of nitriles is 1. The normalized spacial score (nSPS) is 24.2. The van der Waals surface area contributed by atoms with E-state index in [-0.39, 0.29) is 5.57 Å². The van der Waals surface area contributed by atoms with Crippen LogP contribution < -0.4 is 0 Å². The predicted molar refractivity (Wildman–Crippen MR) is 61.8 cm³/mol. The van der Waals surface area contributed by atoms with Crippen LogP contribution in [0.25, 0.3) is 0 Å². The minimum atomic E-state index is -0.530. The van der Waals surface area contributed by atoms with Crippen molar-refractivity contribution in [2.45, 2.75) is 11.0 Å².